The summed E-state index contributed by atoms with van der Waals surface area (Å²) in [5.74, 6) is -0.139. The maximum atomic E-state index is 8.27. The molecule has 0 aromatic carbocycles. The minimum atomic E-state index is -0.139. The number of hydrogen-bond acceptors (Lipinski definition) is 4. The van der Waals surface area contributed by atoms with Crippen LogP contribution in [0.2, 0.25) is 0 Å². The van der Waals surface area contributed by atoms with Gasteiger partial charge in [-0.15, -0.1) is 0 Å². The fourth-order valence-corrected chi connectivity index (χ4v) is 0.818. The van der Waals surface area contributed by atoms with E-state index in [-0.39, 0.29) is 17.2 Å². The van der Waals surface area contributed by atoms with Crippen molar-refractivity contribution in [3.63, 3.8) is 0 Å². The molecular formula is C5H2N10. The largest absolute Gasteiger partial charge is 0.361 e. The van der Waals surface area contributed by atoms with E-state index in [1.165, 1.54) is 12.3 Å². The van der Waals surface area contributed by atoms with Crippen molar-refractivity contribution in [1.82, 2.24) is 0 Å². The van der Waals surface area contributed by atoms with Crippen LogP contribution in [-0.2, 0) is 0 Å². The van der Waals surface area contributed by atoms with Crippen LogP contribution in [0.3, 0.4) is 0 Å². The van der Waals surface area contributed by atoms with E-state index in [0.717, 1.165) is 0 Å². The maximum Gasteiger partial charge on any atom is 0.339 e. The van der Waals surface area contributed by atoms with E-state index >= 15 is 0 Å². The zero-order chi connectivity index (χ0) is 11.1. The van der Waals surface area contributed by atoms with Gasteiger partial charge in [0.2, 0.25) is 0 Å². The molecule has 0 radical (unpaired) electrons. The Balaban J connectivity index is 3.27. The van der Waals surface area contributed by atoms with Gasteiger partial charge in [-0.25, -0.2) is 0 Å². The first kappa shape index (κ1) is 10.2. The van der Waals surface area contributed by atoms with Gasteiger partial charge in [0, 0.05) is 11.1 Å². The van der Waals surface area contributed by atoms with Crippen molar-refractivity contribution in [2.45, 2.75) is 0 Å². The molecule has 10 heteroatoms. The van der Waals surface area contributed by atoms with Gasteiger partial charge in [0.05, 0.1) is 11.5 Å². The second-order valence-corrected chi connectivity index (χ2v) is 2.07. The van der Waals surface area contributed by atoms with Crippen molar-refractivity contribution in [2.75, 3.05) is 0 Å². The monoisotopic (exact) mass is 202 g/mol. The lowest BCUT2D eigenvalue weighted by molar-refractivity contribution is 1.20. The predicted molar refractivity (Wildman–Crippen MR) is 51.5 cm³/mol. The van der Waals surface area contributed by atoms with E-state index in [9.17, 15) is 0 Å². The highest BCUT2D eigenvalue weighted by atomic mass is 15.3. The standard InChI is InChI=1S/C5H2N10/c6-13-10-3-1-2-9-5(12-15-8)4(3)11-14-7/h1-2H. The topological polar surface area (TPSA) is 149 Å². The number of amidine groups is 1. The number of rotatable bonds is 2. The van der Waals surface area contributed by atoms with Crippen LogP contribution in [0.15, 0.2) is 37.3 Å². The van der Waals surface area contributed by atoms with Crippen molar-refractivity contribution in [3.8, 4) is 0 Å². The number of allylic oxidation sites excluding steroid dienone is 1. The molecule has 0 spiro atoms. The van der Waals surface area contributed by atoms with Gasteiger partial charge in [0.25, 0.3) is 5.39 Å². The van der Waals surface area contributed by atoms with E-state index in [1.807, 2.05) is 0 Å². The van der Waals surface area contributed by atoms with Crippen LogP contribution in [-0.4, -0.2) is 17.8 Å². The number of hydrogen-bond donors (Lipinski definition) is 0. The molecule has 0 aliphatic carbocycles. The molecule has 15 heavy (non-hydrogen) atoms. The van der Waals surface area contributed by atoms with Gasteiger partial charge in [-0.2, -0.15) is 0 Å². The molecule has 1 aliphatic heterocycles. The zero-order valence-electron chi connectivity index (χ0n) is 7.13. The van der Waals surface area contributed by atoms with Gasteiger partial charge in [0.1, 0.15) is 0 Å². The van der Waals surface area contributed by atoms with Crippen molar-refractivity contribution < 1.29 is 0 Å². The highest BCUT2D eigenvalue weighted by Gasteiger charge is 2.17. The molecule has 0 amide bonds. The van der Waals surface area contributed by atoms with Gasteiger partial charge < -0.3 is 10.6 Å². The Morgan fingerprint density at radius 1 is 1.47 bits per heavy atom. The summed E-state index contributed by atoms with van der Waals surface area (Å²) < 4.78 is 0. The van der Waals surface area contributed by atoms with Crippen molar-refractivity contribution in [1.29, 1.82) is 5.39 Å². The fraction of sp³-hybridized carbons (Fsp3) is 0. The number of dihydropyridines is 1. The van der Waals surface area contributed by atoms with Crippen LogP contribution >= 0.6 is 0 Å². The summed E-state index contributed by atoms with van der Waals surface area (Å²) in [6, 6.07) is 0. The quantitative estimate of drug-likeness (QED) is 0.217. The molecule has 0 unspecified atom stereocenters. The average molecular weight is 202 g/mol. The van der Waals surface area contributed by atoms with Crippen LogP contribution in [0.25, 0.3) is 21.1 Å². The Hall–Kier alpha value is -2.92. The van der Waals surface area contributed by atoms with Crippen LogP contribution in [0, 0.1) is 5.39 Å². The summed E-state index contributed by atoms with van der Waals surface area (Å²) in [5, 5.41) is 23.0. The van der Waals surface area contributed by atoms with E-state index in [1.54, 1.807) is 0 Å². The Kier molecular flexibility index (Phi) is 3.35. The van der Waals surface area contributed by atoms with E-state index in [2.05, 4.69) is 35.5 Å². The van der Waals surface area contributed by atoms with E-state index in [4.69, 9.17) is 16.5 Å². The second-order valence-electron chi connectivity index (χ2n) is 2.07. The summed E-state index contributed by atoms with van der Waals surface area (Å²) in [7, 11) is 0. The Morgan fingerprint density at radius 3 is 2.87 bits per heavy atom. The van der Waals surface area contributed by atoms with Gasteiger partial charge in [-0.3, -0.25) is 10.2 Å². The molecule has 1 rings (SSSR count). The van der Waals surface area contributed by atoms with Gasteiger partial charge >= 0.3 is 5.08 Å². The van der Waals surface area contributed by atoms with Crippen molar-refractivity contribution >= 4 is 17.8 Å². The van der Waals surface area contributed by atoms with E-state index in [0.29, 0.717) is 0 Å². The Labute approximate surface area is 82.5 Å². The first-order valence-corrected chi connectivity index (χ1v) is 3.47. The number of azide groups is 1. The molecule has 0 saturated heterocycles. The molecule has 0 saturated carbocycles. The van der Waals surface area contributed by atoms with Gasteiger partial charge in [0.15, 0.2) is 10.8 Å². The van der Waals surface area contributed by atoms with Crippen LogP contribution < -0.4 is 0 Å². The summed E-state index contributed by atoms with van der Waals surface area (Å²) in [5.41, 5.74) is 16.4. The zero-order valence-corrected chi connectivity index (χ0v) is 7.13. The highest BCUT2D eigenvalue weighted by molar-refractivity contribution is 6.50. The van der Waals surface area contributed by atoms with Crippen molar-refractivity contribution in [3.05, 3.63) is 32.8 Å². The third kappa shape index (κ3) is 2.27. The van der Waals surface area contributed by atoms with Crippen molar-refractivity contribution in [2.24, 2.45) is 25.5 Å². The molecule has 0 aromatic rings. The third-order valence-electron chi connectivity index (χ3n) is 1.32. The lowest BCUT2D eigenvalue weighted by atomic mass is 10.2. The molecule has 0 fully saturated rings. The molecule has 0 N–H and O–H groups in total. The number of aliphatic imine (C=N–C) groups is 1. The minimum absolute atomic E-state index is 0.0488. The highest BCUT2D eigenvalue weighted by Crippen LogP contribution is 2.08. The average Bonchev–Trinajstić information content (AvgIpc) is 2.23. The molecule has 1 aliphatic rings. The first-order chi connectivity index (χ1) is 7.33. The van der Waals surface area contributed by atoms with Crippen LogP contribution in [0.5, 0.6) is 0 Å². The summed E-state index contributed by atoms with van der Waals surface area (Å²) in [6.07, 6.45) is 2.60. The summed E-state index contributed by atoms with van der Waals surface area (Å²) in [4.78, 5) is 6.19. The minimum Gasteiger partial charge on any atom is -0.361 e. The Morgan fingerprint density at radius 2 is 2.27 bits per heavy atom. The molecule has 1 heterocycles. The number of diazo groups is 1. The normalized spacial score (nSPS) is 19.3. The lowest BCUT2D eigenvalue weighted by Gasteiger charge is -2.06. The third-order valence-corrected chi connectivity index (χ3v) is 1.32. The maximum absolute atomic E-state index is 8.27. The fourth-order valence-electron chi connectivity index (χ4n) is 0.818. The first-order valence-electron chi connectivity index (χ1n) is 3.47. The molecule has 0 aromatic heterocycles. The molecule has 72 valence electrons. The molecule has 0 bridgehead atoms. The molecule has 0 atom stereocenters. The Bertz CT molecular complexity index is 478. The SMILES string of the molecule is N#[N+]N=C1C(N=[N+]=[N-])=CC=NC1=NN=[N-]. The van der Waals surface area contributed by atoms with Crippen LogP contribution in [0.4, 0.5) is 0 Å². The number of nitrogens with zero attached hydrogens (tertiary/aromatic N) is 10. The molecule has 10 nitrogen and oxygen atoms in total. The van der Waals surface area contributed by atoms with Gasteiger partial charge in [-0.1, -0.05) is 5.11 Å². The smallest absolute Gasteiger partial charge is 0.339 e. The predicted octanol–water partition coefficient (Wildman–Crippen LogP) is 1.81. The summed E-state index contributed by atoms with van der Waals surface area (Å²) >= 11 is 0. The molecular weight excluding hydrogens is 200 g/mol. The van der Waals surface area contributed by atoms with Gasteiger partial charge in [-0.05, 0) is 11.6 Å². The lowest BCUT2D eigenvalue weighted by Crippen LogP contribution is -2.16. The van der Waals surface area contributed by atoms with Crippen LogP contribution in [0.1, 0.15) is 0 Å². The van der Waals surface area contributed by atoms with E-state index < -0.39 is 0 Å². The summed E-state index contributed by atoms with van der Waals surface area (Å²) in [6.45, 7) is 0. The second kappa shape index (κ2) is 4.95.